The zero-order valence-corrected chi connectivity index (χ0v) is 17.1. The van der Waals surface area contributed by atoms with E-state index in [9.17, 15) is 13.2 Å². The van der Waals surface area contributed by atoms with Crippen molar-refractivity contribution in [2.24, 2.45) is 5.92 Å². The third-order valence-electron chi connectivity index (χ3n) is 4.53. The molecule has 1 aromatic rings. The van der Waals surface area contributed by atoms with Gasteiger partial charge in [-0.05, 0) is 36.8 Å². The number of halogens is 1. The molecule has 1 aliphatic heterocycles. The van der Waals surface area contributed by atoms with Gasteiger partial charge in [0.25, 0.3) is 10.2 Å². The number of benzene rings is 1. The normalized spacial score (nSPS) is 17.0. The molecule has 0 unspecified atom stereocenters. The summed E-state index contributed by atoms with van der Waals surface area (Å²) in [4.78, 5) is 12.0. The van der Waals surface area contributed by atoms with Crippen LogP contribution in [0.1, 0.15) is 24.8 Å². The van der Waals surface area contributed by atoms with Gasteiger partial charge in [0, 0.05) is 44.6 Å². The molecule has 0 spiro atoms. The fourth-order valence-electron chi connectivity index (χ4n) is 2.87. The Kier molecular flexibility index (Phi) is 7.42. The van der Waals surface area contributed by atoms with Gasteiger partial charge in [-0.3, -0.25) is 4.79 Å². The summed E-state index contributed by atoms with van der Waals surface area (Å²) in [5.41, 5.74) is 1.12. The van der Waals surface area contributed by atoms with Gasteiger partial charge in [-0.1, -0.05) is 34.1 Å². The molecular formula is C17H26BrN3O3S. The number of rotatable bonds is 7. The fourth-order valence-corrected chi connectivity index (χ4v) is 4.49. The largest absolute Gasteiger partial charge is 0.356 e. The van der Waals surface area contributed by atoms with Crippen LogP contribution in [0.2, 0.25) is 0 Å². The Morgan fingerprint density at radius 1 is 1.28 bits per heavy atom. The number of hydrogen-bond acceptors (Lipinski definition) is 3. The van der Waals surface area contributed by atoms with Gasteiger partial charge in [-0.15, -0.1) is 0 Å². The Morgan fingerprint density at radius 3 is 2.52 bits per heavy atom. The number of piperidine rings is 1. The van der Waals surface area contributed by atoms with E-state index in [-0.39, 0.29) is 5.91 Å². The standard InChI is InChI=1S/C17H26BrN3O3S/c1-20(2)25(23,24)21-11-9-14(10-12-21)13-19-17(22)8-7-15-5-3-4-6-16(15)18/h3-6,14H,7-13H2,1-2H3,(H,19,22). The molecule has 1 N–H and O–H groups in total. The summed E-state index contributed by atoms with van der Waals surface area (Å²) in [5.74, 6) is 0.375. The van der Waals surface area contributed by atoms with Crippen molar-refractivity contribution >= 4 is 32.0 Å². The molecule has 0 aliphatic carbocycles. The number of aryl methyl sites for hydroxylation is 1. The monoisotopic (exact) mass is 431 g/mol. The molecule has 25 heavy (non-hydrogen) atoms. The average Bonchev–Trinajstić information content (AvgIpc) is 2.59. The van der Waals surface area contributed by atoms with Crippen LogP contribution in [0.15, 0.2) is 28.7 Å². The van der Waals surface area contributed by atoms with Gasteiger partial charge in [0.2, 0.25) is 5.91 Å². The van der Waals surface area contributed by atoms with Gasteiger partial charge in [0.15, 0.2) is 0 Å². The van der Waals surface area contributed by atoms with Gasteiger partial charge in [-0.2, -0.15) is 17.0 Å². The Hall–Kier alpha value is -0.960. The van der Waals surface area contributed by atoms with Crippen molar-refractivity contribution in [1.82, 2.24) is 13.9 Å². The predicted molar refractivity (Wildman–Crippen MR) is 102 cm³/mol. The third-order valence-corrected chi connectivity index (χ3v) is 7.24. The van der Waals surface area contributed by atoms with Crippen LogP contribution in [-0.2, 0) is 21.4 Å². The molecule has 1 aliphatic rings. The van der Waals surface area contributed by atoms with Gasteiger partial charge in [0.05, 0.1) is 0 Å². The first-order chi connectivity index (χ1) is 11.8. The first-order valence-corrected chi connectivity index (χ1v) is 10.7. The van der Waals surface area contributed by atoms with E-state index in [1.165, 1.54) is 8.61 Å². The van der Waals surface area contributed by atoms with E-state index in [0.717, 1.165) is 22.9 Å². The lowest BCUT2D eigenvalue weighted by atomic mass is 9.98. The maximum absolute atomic E-state index is 12.1. The van der Waals surface area contributed by atoms with Crippen molar-refractivity contribution in [1.29, 1.82) is 0 Å². The van der Waals surface area contributed by atoms with Crippen LogP contribution < -0.4 is 5.32 Å². The molecule has 1 fully saturated rings. The molecule has 1 saturated heterocycles. The van der Waals surface area contributed by atoms with Gasteiger partial charge < -0.3 is 5.32 Å². The first-order valence-electron chi connectivity index (χ1n) is 8.48. The minimum absolute atomic E-state index is 0.0408. The molecule has 1 heterocycles. The SMILES string of the molecule is CN(C)S(=O)(=O)N1CCC(CNC(=O)CCc2ccccc2Br)CC1. The Labute approximate surface area is 158 Å². The maximum atomic E-state index is 12.1. The number of amides is 1. The molecule has 0 saturated carbocycles. The molecule has 140 valence electrons. The highest BCUT2D eigenvalue weighted by atomic mass is 79.9. The quantitative estimate of drug-likeness (QED) is 0.717. The molecule has 8 heteroatoms. The molecule has 0 atom stereocenters. The Balaban J connectivity index is 1.71. The van der Waals surface area contributed by atoms with E-state index in [4.69, 9.17) is 0 Å². The Bertz CT molecular complexity index is 686. The lowest BCUT2D eigenvalue weighted by Gasteiger charge is -2.32. The lowest BCUT2D eigenvalue weighted by Crippen LogP contribution is -2.45. The summed E-state index contributed by atoms with van der Waals surface area (Å²) in [6.45, 7) is 1.64. The van der Waals surface area contributed by atoms with Crippen molar-refractivity contribution in [3.8, 4) is 0 Å². The number of carbonyl (C=O) groups is 1. The fraction of sp³-hybridized carbons (Fsp3) is 0.588. The second kappa shape index (κ2) is 9.12. The summed E-state index contributed by atoms with van der Waals surface area (Å²) in [7, 11) is -0.226. The zero-order valence-electron chi connectivity index (χ0n) is 14.7. The minimum atomic E-state index is -3.32. The topological polar surface area (TPSA) is 69.7 Å². The second-order valence-corrected chi connectivity index (χ2v) is 9.52. The molecule has 0 radical (unpaired) electrons. The number of nitrogens with zero attached hydrogens (tertiary/aromatic N) is 2. The van der Waals surface area contributed by atoms with Crippen LogP contribution in [0.5, 0.6) is 0 Å². The highest BCUT2D eigenvalue weighted by molar-refractivity contribution is 9.10. The van der Waals surface area contributed by atoms with Crippen molar-refractivity contribution in [2.75, 3.05) is 33.7 Å². The van der Waals surface area contributed by atoms with E-state index >= 15 is 0 Å². The molecule has 1 amide bonds. The van der Waals surface area contributed by atoms with E-state index in [1.54, 1.807) is 14.1 Å². The lowest BCUT2D eigenvalue weighted by molar-refractivity contribution is -0.121. The Morgan fingerprint density at radius 2 is 1.92 bits per heavy atom. The van der Waals surface area contributed by atoms with Gasteiger partial charge in [0.1, 0.15) is 0 Å². The van der Waals surface area contributed by atoms with E-state index in [1.807, 2.05) is 24.3 Å². The first kappa shape index (κ1) is 20.4. The highest BCUT2D eigenvalue weighted by Gasteiger charge is 2.29. The van der Waals surface area contributed by atoms with E-state index < -0.39 is 10.2 Å². The van der Waals surface area contributed by atoms with Crippen molar-refractivity contribution in [3.63, 3.8) is 0 Å². The van der Waals surface area contributed by atoms with E-state index in [0.29, 0.717) is 38.4 Å². The number of hydrogen-bond donors (Lipinski definition) is 1. The zero-order chi connectivity index (χ0) is 18.4. The molecule has 0 bridgehead atoms. The molecular weight excluding hydrogens is 406 g/mol. The van der Waals surface area contributed by atoms with Crippen LogP contribution in [0.3, 0.4) is 0 Å². The van der Waals surface area contributed by atoms with Gasteiger partial charge in [-0.25, -0.2) is 0 Å². The third kappa shape index (κ3) is 5.77. The molecule has 6 nitrogen and oxygen atoms in total. The van der Waals surface area contributed by atoms with E-state index in [2.05, 4.69) is 21.2 Å². The summed E-state index contributed by atoms with van der Waals surface area (Å²) >= 11 is 3.49. The minimum Gasteiger partial charge on any atom is -0.356 e. The smallest absolute Gasteiger partial charge is 0.281 e. The van der Waals surface area contributed by atoms with Crippen LogP contribution in [0.25, 0.3) is 0 Å². The van der Waals surface area contributed by atoms with Crippen LogP contribution in [-0.4, -0.2) is 56.7 Å². The number of carbonyl (C=O) groups excluding carboxylic acids is 1. The number of nitrogens with one attached hydrogen (secondary N) is 1. The summed E-state index contributed by atoms with van der Waals surface area (Å²) in [6, 6.07) is 7.91. The van der Waals surface area contributed by atoms with Crippen LogP contribution in [0.4, 0.5) is 0 Å². The molecule has 1 aromatic carbocycles. The van der Waals surface area contributed by atoms with Gasteiger partial charge >= 0.3 is 0 Å². The van der Waals surface area contributed by atoms with Crippen LogP contribution in [0, 0.1) is 5.92 Å². The summed E-state index contributed by atoms with van der Waals surface area (Å²) in [6.07, 6.45) is 2.71. The van der Waals surface area contributed by atoms with Crippen molar-refractivity contribution < 1.29 is 13.2 Å². The molecule has 2 rings (SSSR count). The average molecular weight is 432 g/mol. The van der Waals surface area contributed by atoms with Crippen molar-refractivity contribution in [2.45, 2.75) is 25.7 Å². The summed E-state index contributed by atoms with van der Waals surface area (Å²) in [5, 5.41) is 2.99. The second-order valence-electron chi connectivity index (χ2n) is 6.53. The highest BCUT2D eigenvalue weighted by Crippen LogP contribution is 2.20. The summed E-state index contributed by atoms with van der Waals surface area (Å²) < 4.78 is 28.0. The molecule has 0 aromatic heterocycles. The maximum Gasteiger partial charge on any atom is 0.281 e. The van der Waals surface area contributed by atoms with Crippen molar-refractivity contribution in [3.05, 3.63) is 34.3 Å². The predicted octanol–water partition coefficient (Wildman–Crippen LogP) is 2.02. The van der Waals surface area contributed by atoms with Crippen LogP contribution >= 0.6 is 15.9 Å².